The molecular formula is C36H47N5O10S. The van der Waals surface area contributed by atoms with Crippen LogP contribution >= 0.6 is 0 Å². The van der Waals surface area contributed by atoms with Crippen molar-refractivity contribution in [1.29, 1.82) is 0 Å². The normalized spacial score (nSPS) is 30.1. The van der Waals surface area contributed by atoms with Crippen LogP contribution in [0, 0.1) is 17.8 Å². The highest BCUT2D eigenvalue weighted by Gasteiger charge is 2.63. The number of methoxy groups -OCH3 is 2. The number of benzene rings is 1. The Kier molecular flexibility index (Phi) is 10.1. The molecular weight excluding hydrogens is 694 g/mol. The third kappa shape index (κ3) is 7.34. The van der Waals surface area contributed by atoms with Gasteiger partial charge in [0.2, 0.25) is 33.6 Å². The van der Waals surface area contributed by atoms with Crippen molar-refractivity contribution < 1.29 is 46.9 Å². The Morgan fingerprint density at radius 2 is 1.85 bits per heavy atom. The number of fused-ring (bicyclic) bond motifs is 3. The van der Waals surface area contributed by atoms with Crippen LogP contribution in [-0.4, -0.2) is 96.5 Å². The second-order valence-electron chi connectivity index (χ2n) is 14.9. The molecule has 3 heterocycles. The number of aromatic nitrogens is 1. The number of amides is 4. The first-order valence-corrected chi connectivity index (χ1v) is 19.1. The topological polar surface area (TPSA) is 203 Å². The largest absolute Gasteiger partial charge is 0.497 e. The van der Waals surface area contributed by atoms with Gasteiger partial charge in [0, 0.05) is 23.8 Å². The van der Waals surface area contributed by atoms with E-state index in [1.807, 2.05) is 19.1 Å². The van der Waals surface area contributed by atoms with Gasteiger partial charge >= 0.3 is 6.09 Å². The minimum Gasteiger partial charge on any atom is -0.497 e. The molecule has 1 aromatic heterocycles. The quantitative estimate of drug-likeness (QED) is 0.290. The van der Waals surface area contributed by atoms with E-state index < -0.39 is 74.1 Å². The number of carbonyl (C=O) groups excluding carboxylic acids is 3. The molecule has 0 unspecified atom stereocenters. The average Bonchev–Trinajstić information content (AvgIpc) is 3.98. The summed E-state index contributed by atoms with van der Waals surface area (Å²) in [7, 11) is -0.994. The van der Waals surface area contributed by atoms with Crippen LogP contribution < -0.4 is 29.6 Å². The number of hydrogen-bond acceptors (Lipinski definition) is 10. The van der Waals surface area contributed by atoms with Gasteiger partial charge < -0.3 is 34.9 Å². The number of hydrogen-bond donors (Lipinski definition) is 4. The number of carbonyl (C=O) groups is 4. The van der Waals surface area contributed by atoms with Gasteiger partial charge in [-0.25, -0.2) is 13.2 Å². The van der Waals surface area contributed by atoms with Gasteiger partial charge in [-0.3, -0.25) is 19.1 Å². The molecule has 6 rings (SSSR count). The Hall–Kier alpha value is -4.60. The van der Waals surface area contributed by atoms with E-state index >= 15 is 0 Å². The first kappa shape index (κ1) is 37.2. The maximum absolute atomic E-state index is 14.4. The maximum Gasteiger partial charge on any atom is 0.405 e. The Labute approximate surface area is 302 Å². The smallest absolute Gasteiger partial charge is 0.405 e. The van der Waals surface area contributed by atoms with Crippen molar-refractivity contribution in [3.05, 3.63) is 36.4 Å². The lowest BCUT2D eigenvalue weighted by molar-refractivity contribution is -0.142. The molecule has 2 saturated carbocycles. The molecule has 16 heteroatoms. The van der Waals surface area contributed by atoms with E-state index in [2.05, 4.69) is 20.3 Å². The summed E-state index contributed by atoms with van der Waals surface area (Å²) in [4.78, 5) is 60.3. The summed E-state index contributed by atoms with van der Waals surface area (Å²) in [5.74, 6) is -1.83. The van der Waals surface area contributed by atoms with Gasteiger partial charge in [-0.2, -0.15) is 4.98 Å². The van der Waals surface area contributed by atoms with Gasteiger partial charge in [0.15, 0.2) is 0 Å². The monoisotopic (exact) mass is 741 g/mol. The Balaban J connectivity index is 1.35. The minimum atomic E-state index is -4.01. The van der Waals surface area contributed by atoms with E-state index in [9.17, 15) is 32.7 Å². The van der Waals surface area contributed by atoms with E-state index in [1.54, 1.807) is 45.2 Å². The lowest BCUT2D eigenvalue weighted by Gasteiger charge is -2.32. The maximum atomic E-state index is 14.4. The molecule has 0 radical (unpaired) electrons. The molecule has 4 aliphatic rings. The van der Waals surface area contributed by atoms with E-state index in [0.29, 0.717) is 42.2 Å². The van der Waals surface area contributed by atoms with Crippen molar-refractivity contribution in [1.82, 2.24) is 25.2 Å². The Morgan fingerprint density at radius 3 is 2.52 bits per heavy atom. The summed E-state index contributed by atoms with van der Waals surface area (Å²) in [6.07, 6.45) is 4.51. The van der Waals surface area contributed by atoms with E-state index in [4.69, 9.17) is 14.2 Å². The summed E-state index contributed by atoms with van der Waals surface area (Å²) in [6.45, 7) is 5.31. The summed E-state index contributed by atoms with van der Waals surface area (Å²) < 4.78 is 44.6. The molecule has 1 saturated heterocycles. The number of rotatable bonds is 8. The molecule has 0 spiro atoms. The molecule has 0 bridgehead atoms. The molecule has 4 N–H and O–H groups in total. The fourth-order valence-corrected chi connectivity index (χ4v) is 8.70. The van der Waals surface area contributed by atoms with Crippen LogP contribution in [-0.2, 0) is 24.4 Å². The molecule has 4 amide bonds. The van der Waals surface area contributed by atoms with Crippen LogP contribution in [0.25, 0.3) is 10.8 Å². The van der Waals surface area contributed by atoms with Crippen molar-refractivity contribution in [2.45, 2.75) is 94.2 Å². The first-order valence-electron chi connectivity index (χ1n) is 17.6. The van der Waals surface area contributed by atoms with Crippen molar-refractivity contribution >= 4 is 44.6 Å². The summed E-state index contributed by atoms with van der Waals surface area (Å²) in [5, 5.41) is 16.4. The fourth-order valence-electron chi connectivity index (χ4n) is 7.39. The fraction of sp³-hybridized carbons (Fsp3) is 0.583. The third-order valence-electron chi connectivity index (χ3n) is 11.0. The highest BCUT2D eigenvalue weighted by atomic mass is 32.2. The van der Waals surface area contributed by atoms with Crippen LogP contribution in [0.5, 0.6) is 17.5 Å². The second-order valence-corrected chi connectivity index (χ2v) is 17.1. The van der Waals surface area contributed by atoms with Gasteiger partial charge in [-0.05, 0) is 80.9 Å². The molecule has 2 aliphatic heterocycles. The molecule has 7 atom stereocenters. The predicted octanol–water partition coefficient (Wildman–Crippen LogP) is 3.12. The Bertz CT molecular complexity index is 1890. The molecule has 2 aliphatic carbocycles. The van der Waals surface area contributed by atoms with Crippen LogP contribution in [0.15, 0.2) is 36.4 Å². The summed E-state index contributed by atoms with van der Waals surface area (Å²) >= 11 is 0. The lowest BCUT2D eigenvalue weighted by atomic mass is 9.88. The predicted molar refractivity (Wildman–Crippen MR) is 189 cm³/mol. The third-order valence-corrected chi connectivity index (χ3v) is 13.2. The highest BCUT2D eigenvalue weighted by Crippen LogP contribution is 2.47. The van der Waals surface area contributed by atoms with Gasteiger partial charge in [0.05, 0.1) is 25.5 Å². The van der Waals surface area contributed by atoms with E-state index in [0.717, 1.165) is 6.42 Å². The zero-order valence-electron chi connectivity index (χ0n) is 30.0. The Morgan fingerprint density at radius 1 is 1.10 bits per heavy atom. The van der Waals surface area contributed by atoms with Crippen molar-refractivity contribution in [2.24, 2.45) is 17.8 Å². The van der Waals surface area contributed by atoms with Crippen LogP contribution in [0.1, 0.15) is 65.7 Å². The van der Waals surface area contributed by atoms with E-state index in [-0.39, 0.29) is 37.1 Å². The molecule has 2 aromatic rings. The van der Waals surface area contributed by atoms with Crippen molar-refractivity contribution in [2.75, 3.05) is 20.8 Å². The lowest BCUT2D eigenvalue weighted by Crippen LogP contribution is -2.59. The minimum absolute atomic E-state index is 0.0206. The number of carboxylic acid groups (broad SMARTS) is 1. The molecule has 3 fully saturated rings. The van der Waals surface area contributed by atoms with Crippen molar-refractivity contribution in [3.63, 3.8) is 0 Å². The molecule has 52 heavy (non-hydrogen) atoms. The number of sulfonamides is 1. The van der Waals surface area contributed by atoms with Crippen molar-refractivity contribution in [3.8, 4) is 17.5 Å². The number of allylic oxidation sites excluding steroid dienone is 1. The van der Waals surface area contributed by atoms with Crippen LogP contribution in [0.3, 0.4) is 0 Å². The second kappa shape index (κ2) is 14.1. The SMILES string of the molecule is COc1ccc2c(O[C@@H]3C[C@H]4C(=O)N[C@]5(C(=O)NS(=O)(=O)C6(C)CC6)C[C@H]5C=CCC[C@H](C)C[C@@H](C)[C@H](NC(=O)O)C(=O)N4C3)nc(OC)cc2c1. The average molecular weight is 742 g/mol. The summed E-state index contributed by atoms with van der Waals surface area (Å²) in [6, 6.07) is 4.68. The van der Waals surface area contributed by atoms with Gasteiger partial charge in [0.25, 0.3) is 5.91 Å². The number of pyridine rings is 1. The van der Waals surface area contributed by atoms with Gasteiger partial charge in [0.1, 0.15) is 29.5 Å². The zero-order chi connectivity index (χ0) is 37.6. The zero-order valence-corrected chi connectivity index (χ0v) is 30.8. The van der Waals surface area contributed by atoms with E-state index in [1.165, 1.54) is 12.0 Å². The summed E-state index contributed by atoms with van der Waals surface area (Å²) in [5.41, 5.74) is -1.55. The molecule has 15 nitrogen and oxygen atoms in total. The van der Waals surface area contributed by atoms with Gasteiger partial charge in [-0.1, -0.05) is 26.0 Å². The molecule has 1 aromatic carbocycles. The van der Waals surface area contributed by atoms with Gasteiger partial charge in [-0.15, -0.1) is 0 Å². The van der Waals surface area contributed by atoms with Crippen LogP contribution in [0.4, 0.5) is 4.79 Å². The number of nitrogens with zero attached hydrogens (tertiary/aromatic N) is 2. The highest BCUT2D eigenvalue weighted by molar-refractivity contribution is 7.91. The number of nitrogens with one attached hydrogen (secondary N) is 3. The molecule has 282 valence electrons. The first-order chi connectivity index (χ1) is 24.6. The van der Waals surface area contributed by atoms with Crippen LogP contribution in [0.2, 0.25) is 0 Å². The number of ether oxygens (including phenoxy) is 3. The standard InChI is InChI=1S/C36H47N5O10S/c1-20-8-6-7-9-23-18-36(23,33(44)40-52(47,48)35(3)12-13-35)39-30(42)27-17-25(19-41(27)32(43)29(21(2)14-20)38-34(45)46)51-31-26-11-10-24(49-4)15-22(26)16-28(37-31)50-5/h7,9-11,15-16,20-21,23,25,27,29,38H,6,8,12-14,17-19H2,1-5H3,(H,39,42)(H,40,44)(H,45,46)/t20-,21+,23+,25+,27-,29-,36+/m0/s1.